The highest BCUT2D eigenvalue weighted by Gasteiger charge is 2.38. The van der Waals surface area contributed by atoms with E-state index in [1.54, 1.807) is 68.8 Å². The van der Waals surface area contributed by atoms with E-state index in [2.05, 4.69) is 11.4 Å². The molecule has 5 rings (SSSR count). The van der Waals surface area contributed by atoms with E-state index in [0.29, 0.717) is 28.3 Å². The number of hydrogen-bond acceptors (Lipinski definition) is 8. The lowest BCUT2D eigenvalue weighted by atomic mass is 10.1. The van der Waals surface area contributed by atoms with E-state index >= 15 is 0 Å². The summed E-state index contributed by atoms with van der Waals surface area (Å²) in [6.45, 7) is 6.98. The van der Waals surface area contributed by atoms with Crippen LogP contribution >= 0.6 is 0 Å². The molecule has 11 nitrogen and oxygen atoms in total. The van der Waals surface area contributed by atoms with Crippen LogP contribution in [0.2, 0.25) is 0 Å². The van der Waals surface area contributed by atoms with E-state index in [1.807, 2.05) is 24.3 Å². The smallest absolute Gasteiger partial charge is 0.408 e. The number of nitrogens with zero attached hydrogens (tertiary/aromatic N) is 4. The van der Waals surface area contributed by atoms with Crippen molar-refractivity contribution in [1.29, 1.82) is 5.26 Å². The molecule has 4 aromatic rings. The van der Waals surface area contributed by atoms with Crippen LogP contribution in [0.3, 0.4) is 0 Å². The van der Waals surface area contributed by atoms with Gasteiger partial charge in [0.2, 0.25) is 0 Å². The Hall–Kier alpha value is -5.37. The van der Waals surface area contributed by atoms with E-state index in [4.69, 9.17) is 19.3 Å². The molecule has 1 N–H and O–H groups in total. The molecular formula is C32H31N5O6. The Balaban J connectivity index is 1.58. The summed E-state index contributed by atoms with van der Waals surface area (Å²) in [6, 6.07) is 20.3. The van der Waals surface area contributed by atoms with Gasteiger partial charge in [-0.15, -0.1) is 0 Å². The number of carbonyl (C=O) groups excluding carboxylic acids is 3. The molecule has 0 aliphatic carbocycles. The summed E-state index contributed by atoms with van der Waals surface area (Å²) in [6.07, 6.45) is -1.44. The number of hydrogen-bond donors (Lipinski definition) is 1. The molecule has 2 amide bonds. The molecule has 0 spiro atoms. The minimum atomic E-state index is -1.05. The van der Waals surface area contributed by atoms with Crippen molar-refractivity contribution in [3.05, 3.63) is 83.6 Å². The van der Waals surface area contributed by atoms with Gasteiger partial charge in [-0.2, -0.15) is 10.4 Å². The lowest BCUT2D eigenvalue weighted by molar-refractivity contribution is -0.122. The molecule has 0 saturated carbocycles. The number of ether oxygens (including phenoxy) is 3. The SMILES string of the molecule is COC(=O)c1ccc(-n2nc(CN3C(=O)[C@@H](NC(=O)OC(C)(C)C)[C@H](C)Oc4ccccc43)c3ccccc32)c(C#N)c1. The summed E-state index contributed by atoms with van der Waals surface area (Å²) in [7, 11) is 1.28. The van der Waals surface area contributed by atoms with Crippen molar-refractivity contribution in [3.63, 3.8) is 0 Å². The number of methoxy groups -OCH3 is 1. The second kappa shape index (κ2) is 11.5. The van der Waals surface area contributed by atoms with Crippen LogP contribution in [-0.2, 0) is 20.8 Å². The maximum atomic E-state index is 14.1. The first kappa shape index (κ1) is 29.1. The van der Waals surface area contributed by atoms with Crippen molar-refractivity contribution >= 4 is 34.6 Å². The molecule has 1 aliphatic heterocycles. The minimum Gasteiger partial charge on any atom is -0.486 e. The number of alkyl carbamates (subject to hydrolysis) is 1. The first-order valence-electron chi connectivity index (χ1n) is 13.7. The van der Waals surface area contributed by atoms with E-state index in [1.165, 1.54) is 18.1 Å². The number of benzene rings is 3. The molecule has 0 unspecified atom stereocenters. The third-order valence-corrected chi connectivity index (χ3v) is 6.88. The van der Waals surface area contributed by atoms with Gasteiger partial charge < -0.3 is 24.4 Å². The van der Waals surface area contributed by atoms with Crippen molar-refractivity contribution in [3.8, 4) is 17.5 Å². The van der Waals surface area contributed by atoms with E-state index in [9.17, 15) is 19.6 Å². The van der Waals surface area contributed by atoms with Crippen molar-refractivity contribution < 1.29 is 28.6 Å². The summed E-state index contributed by atoms with van der Waals surface area (Å²) in [5, 5.41) is 18.2. The predicted molar refractivity (Wildman–Crippen MR) is 158 cm³/mol. The van der Waals surface area contributed by atoms with E-state index in [-0.39, 0.29) is 17.7 Å². The van der Waals surface area contributed by atoms with Crippen molar-refractivity contribution in [1.82, 2.24) is 15.1 Å². The molecule has 0 bridgehead atoms. The summed E-state index contributed by atoms with van der Waals surface area (Å²) in [5.74, 6) is -0.480. The number of esters is 1. The van der Waals surface area contributed by atoms with Gasteiger partial charge in [-0.05, 0) is 64.1 Å². The van der Waals surface area contributed by atoms with Gasteiger partial charge in [-0.25, -0.2) is 14.3 Å². The predicted octanol–water partition coefficient (Wildman–Crippen LogP) is 4.89. The maximum absolute atomic E-state index is 14.1. The second-order valence-electron chi connectivity index (χ2n) is 11.0. The molecule has 0 radical (unpaired) electrons. The number of nitriles is 1. The maximum Gasteiger partial charge on any atom is 0.408 e. The summed E-state index contributed by atoms with van der Waals surface area (Å²) in [5.41, 5.74) is 1.93. The van der Waals surface area contributed by atoms with Crippen LogP contribution in [0.1, 0.15) is 49.3 Å². The zero-order chi connectivity index (χ0) is 30.9. The molecule has 11 heteroatoms. The number of rotatable bonds is 5. The fourth-order valence-electron chi connectivity index (χ4n) is 4.95. The van der Waals surface area contributed by atoms with Crippen LogP contribution in [-0.4, -0.2) is 52.6 Å². The van der Waals surface area contributed by atoms with Crippen LogP contribution < -0.4 is 15.0 Å². The van der Waals surface area contributed by atoms with Crippen molar-refractivity contribution in [2.45, 2.75) is 52.0 Å². The third kappa shape index (κ3) is 5.85. The Bertz CT molecular complexity index is 1770. The molecule has 0 saturated heterocycles. The van der Waals surface area contributed by atoms with Gasteiger partial charge in [0.1, 0.15) is 29.6 Å². The molecule has 220 valence electrons. The van der Waals surface area contributed by atoms with Crippen LogP contribution in [0.25, 0.3) is 16.6 Å². The van der Waals surface area contributed by atoms with Gasteiger partial charge in [0.25, 0.3) is 5.91 Å². The summed E-state index contributed by atoms with van der Waals surface area (Å²) < 4.78 is 18.0. The summed E-state index contributed by atoms with van der Waals surface area (Å²) in [4.78, 5) is 40.4. The number of carbonyl (C=O) groups is 3. The van der Waals surface area contributed by atoms with Crippen molar-refractivity contribution in [2.24, 2.45) is 0 Å². The Morgan fingerprint density at radius 1 is 1.07 bits per heavy atom. The Morgan fingerprint density at radius 3 is 2.51 bits per heavy atom. The van der Waals surface area contributed by atoms with E-state index in [0.717, 1.165) is 5.39 Å². The minimum absolute atomic E-state index is 0.0358. The normalized spacial score (nSPS) is 16.5. The quantitative estimate of drug-likeness (QED) is 0.329. The number of anilines is 1. The zero-order valence-corrected chi connectivity index (χ0v) is 24.5. The van der Waals surface area contributed by atoms with Crippen molar-refractivity contribution in [2.75, 3.05) is 12.0 Å². The molecule has 43 heavy (non-hydrogen) atoms. The van der Waals surface area contributed by atoms with Crippen LogP contribution in [0.4, 0.5) is 10.5 Å². The number of nitrogens with one attached hydrogen (secondary N) is 1. The van der Waals surface area contributed by atoms with Gasteiger partial charge in [0.05, 0.1) is 47.4 Å². The monoisotopic (exact) mass is 581 g/mol. The Labute approximate surface area is 248 Å². The van der Waals surface area contributed by atoms with Crippen LogP contribution in [0.15, 0.2) is 66.7 Å². The summed E-state index contributed by atoms with van der Waals surface area (Å²) >= 11 is 0. The average Bonchev–Trinajstić information content (AvgIpc) is 3.31. The first-order valence-corrected chi connectivity index (χ1v) is 13.7. The Kier molecular flexibility index (Phi) is 7.78. The highest BCUT2D eigenvalue weighted by Crippen LogP contribution is 2.35. The number of fused-ring (bicyclic) bond motifs is 2. The average molecular weight is 582 g/mol. The highest BCUT2D eigenvalue weighted by molar-refractivity contribution is 6.01. The van der Waals surface area contributed by atoms with Crippen LogP contribution in [0.5, 0.6) is 5.75 Å². The molecule has 1 aliphatic rings. The van der Waals surface area contributed by atoms with Gasteiger partial charge in [0, 0.05) is 5.39 Å². The topological polar surface area (TPSA) is 136 Å². The highest BCUT2D eigenvalue weighted by atomic mass is 16.6. The molecular weight excluding hydrogens is 550 g/mol. The van der Waals surface area contributed by atoms with Gasteiger partial charge >= 0.3 is 12.1 Å². The van der Waals surface area contributed by atoms with Gasteiger partial charge in [0.15, 0.2) is 0 Å². The third-order valence-electron chi connectivity index (χ3n) is 6.88. The standard InChI is InChI=1S/C32H31N5O6/c1-19-28(34-31(40)43-32(2,3)4)29(38)36(26-12-8-9-13-27(26)42-19)18-23-22-10-6-7-11-25(22)37(35-23)24-15-14-20(30(39)41-5)16-21(24)17-33/h6-16,19,28H,18H2,1-5H3,(H,34,40)/t19-,28-/m0/s1. The second-order valence-corrected chi connectivity index (χ2v) is 11.0. The molecule has 2 atom stereocenters. The fourth-order valence-corrected chi connectivity index (χ4v) is 4.95. The molecule has 2 heterocycles. The first-order chi connectivity index (χ1) is 20.5. The Morgan fingerprint density at radius 2 is 1.79 bits per heavy atom. The van der Waals surface area contributed by atoms with Gasteiger partial charge in [-0.3, -0.25) is 4.79 Å². The zero-order valence-electron chi connectivity index (χ0n) is 24.5. The number of para-hydroxylation sites is 3. The van der Waals surface area contributed by atoms with Gasteiger partial charge in [-0.1, -0.05) is 30.3 Å². The van der Waals surface area contributed by atoms with E-state index < -0.39 is 35.7 Å². The molecule has 3 aromatic carbocycles. The molecule has 0 fully saturated rings. The lowest BCUT2D eigenvalue weighted by Gasteiger charge is -2.27. The number of amides is 2. The molecule has 1 aromatic heterocycles. The lowest BCUT2D eigenvalue weighted by Crippen LogP contribution is -2.54. The largest absolute Gasteiger partial charge is 0.486 e. The number of aromatic nitrogens is 2. The van der Waals surface area contributed by atoms with Crippen LogP contribution in [0, 0.1) is 11.3 Å². The fraction of sp³-hybridized carbons (Fsp3) is 0.281.